The van der Waals surface area contributed by atoms with Crippen molar-refractivity contribution < 1.29 is 23.8 Å². The number of likely N-dealkylation sites (tertiary alicyclic amines) is 1. The van der Waals surface area contributed by atoms with Crippen molar-refractivity contribution in [3.8, 4) is 0 Å². The van der Waals surface area contributed by atoms with Crippen LogP contribution in [0.25, 0.3) is 0 Å². The number of rotatable bonds is 1. The molecule has 108 valence electrons. The van der Waals surface area contributed by atoms with Crippen molar-refractivity contribution in [1.82, 2.24) is 4.90 Å². The molecular formula is C13H21NO5. The Labute approximate surface area is 113 Å². The van der Waals surface area contributed by atoms with Crippen LogP contribution in [0.5, 0.6) is 0 Å². The van der Waals surface area contributed by atoms with Crippen LogP contribution >= 0.6 is 0 Å². The number of carbonyl (C=O) groups is 2. The lowest BCUT2D eigenvalue weighted by Crippen LogP contribution is -2.45. The maximum absolute atomic E-state index is 12.1. The van der Waals surface area contributed by atoms with Crippen molar-refractivity contribution in [3.05, 3.63) is 0 Å². The number of nitrogens with zero attached hydrogens (tertiary/aromatic N) is 1. The summed E-state index contributed by atoms with van der Waals surface area (Å²) in [5.74, 6) is -0.712. The van der Waals surface area contributed by atoms with E-state index in [1.54, 1.807) is 34.6 Å². The van der Waals surface area contributed by atoms with Crippen LogP contribution in [-0.4, -0.2) is 53.5 Å². The average molecular weight is 271 g/mol. The van der Waals surface area contributed by atoms with Gasteiger partial charge in [-0.15, -0.1) is 0 Å². The lowest BCUT2D eigenvalue weighted by atomic mass is 10.1. The SMILES string of the molecule is CC(C)(C)OC(=O)N1C[C@H]2OC(C)(C)O[C@H]2[C@@H]1C=O. The van der Waals surface area contributed by atoms with Gasteiger partial charge in [0, 0.05) is 0 Å². The number of aldehydes is 1. The van der Waals surface area contributed by atoms with Gasteiger partial charge in [-0.3, -0.25) is 4.90 Å². The van der Waals surface area contributed by atoms with Crippen molar-refractivity contribution in [1.29, 1.82) is 0 Å². The zero-order valence-corrected chi connectivity index (χ0v) is 12.0. The van der Waals surface area contributed by atoms with E-state index in [1.165, 1.54) is 4.90 Å². The van der Waals surface area contributed by atoms with Gasteiger partial charge in [-0.2, -0.15) is 0 Å². The van der Waals surface area contributed by atoms with Crippen molar-refractivity contribution in [2.24, 2.45) is 0 Å². The molecule has 6 heteroatoms. The molecule has 0 aromatic rings. The molecule has 2 aliphatic rings. The Balaban J connectivity index is 2.10. The summed E-state index contributed by atoms with van der Waals surface area (Å²) in [4.78, 5) is 24.7. The second-order valence-electron chi connectivity index (χ2n) is 6.40. The molecule has 0 unspecified atom stereocenters. The first kappa shape index (κ1) is 14.3. The normalized spacial score (nSPS) is 33.1. The van der Waals surface area contributed by atoms with Crippen LogP contribution in [0.3, 0.4) is 0 Å². The van der Waals surface area contributed by atoms with E-state index in [1.807, 2.05) is 0 Å². The molecular weight excluding hydrogens is 250 g/mol. The molecule has 0 aromatic heterocycles. The third-order valence-corrected chi connectivity index (χ3v) is 3.06. The zero-order chi connectivity index (χ0) is 14.4. The molecule has 0 saturated carbocycles. The van der Waals surface area contributed by atoms with Crippen LogP contribution in [0, 0.1) is 0 Å². The average Bonchev–Trinajstić information content (AvgIpc) is 2.66. The summed E-state index contributed by atoms with van der Waals surface area (Å²) in [5, 5.41) is 0. The van der Waals surface area contributed by atoms with E-state index in [4.69, 9.17) is 14.2 Å². The minimum absolute atomic E-state index is 0.280. The maximum atomic E-state index is 12.1. The number of amides is 1. The molecule has 2 heterocycles. The Morgan fingerprint density at radius 1 is 1.37 bits per heavy atom. The molecule has 0 aliphatic carbocycles. The Bertz CT molecular complexity index is 387. The van der Waals surface area contributed by atoms with Gasteiger partial charge >= 0.3 is 6.09 Å². The lowest BCUT2D eigenvalue weighted by Gasteiger charge is -2.29. The fraction of sp³-hybridized carbons (Fsp3) is 0.846. The van der Waals surface area contributed by atoms with Crippen LogP contribution in [0.15, 0.2) is 0 Å². The molecule has 2 rings (SSSR count). The van der Waals surface area contributed by atoms with Crippen LogP contribution in [-0.2, 0) is 19.0 Å². The van der Waals surface area contributed by atoms with E-state index in [0.717, 1.165) is 6.29 Å². The summed E-state index contributed by atoms with van der Waals surface area (Å²) in [6.07, 6.45) is -0.485. The largest absolute Gasteiger partial charge is 0.444 e. The van der Waals surface area contributed by atoms with Crippen LogP contribution < -0.4 is 0 Å². The summed E-state index contributed by atoms with van der Waals surface area (Å²) in [5.41, 5.74) is -0.594. The van der Waals surface area contributed by atoms with Gasteiger partial charge in [0.2, 0.25) is 0 Å². The van der Waals surface area contributed by atoms with Crippen LogP contribution in [0.2, 0.25) is 0 Å². The Morgan fingerprint density at radius 2 is 2.00 bits per heavy atom. The first-order valence-electron chi connectivity index (χ1n) is 6.43. The molecule has 0 bridgehead atoms. The van der Waals surface area contributed by atoms with Gasteiger partial charge in [0.15, 0.2) is 5.79 Å². The van der Waals surface area contributed by atoms with Crippen molar-refractivity contribution >= 4 is 12.4 Å². The third-order valence-electron chi connectivity index (χ3n) is 3.06. The highest BCUT2D eigenvalue weighted by Gasteiger charge is 2.54. The third kappa shape index (κ3) is 2.90. The quantitative estimate of drug-likeness (QED) is 0.673. The lowest BCUT2D eigenvalue weighted by molar-refractivity contribution is -0.161. The van der Waals surface area contributed by atoms with Crippen molar-refractivity contribution in [2.75, 3.05) is 6.54 Å². The van der Waals surface area contributed by atoms with E-state index < -0.39 is 29.6 Å². The summed E-state index contributed by atoms with van der Waals surface area (Å²) >= 11 is 0. The fourth-order valence-corrected chi connectivity index (χ4v) is 2.45. The first-order valence-corrected chi connectivity index (χ1v) is 6.43. The second kappa shape index (κ2) is 4.45. The predicted octanol–water partition coefficient (Wildman–Crippen LogP) is 1.32. The Morgan fingerprint density at radius 3 is 2.53 bits per heavy atom. The highest BCUT2D eigenvalue weighted by Crippen LogP contribution is 2.36. The molecule has 2 saturated heterocycles. The summed E-state index contributed by atoms with van der Waals surface area (Å²) in [6.45, 7) is 9.26. The smallest absolute Gasteiger partial charge is 0.411 e. The van der Waals surface area contributed by atoms with Gasteiger partial charge in [-0.1, -0.05) is 0 Å². The molecule has 3 atom stereocenters. The van der Waals surface area contributed by atoms with Gasteiger partial charge in [0.25, 0.3) is 0 Å². The molecule has 0 N–H and O–H groups in total. The molecule has 2 fully saturated rings. The van der Waals surface area contributed by atoms with Gasteiger partial charge in [-0.05, 0) is 34.6 Å². The highest BCUT2D eigenvalue weighted by molar-refractivity contribution is 5.75. The van der Waals surface area contributed by atoms with Gasteiger partial charge < -0.3 is 19.0 Å². The Kier molecular flexibility index (Phi) is 3.35. The van der Waals surface area contributed by atoms with E-state index in [9.17, 15) is 9.59 Å². The molecule has 0 radical (unpaired) electrons. The van der Waals surface area contributed by atoms with Gasteiger partial charge in [0.05, 0.1) is 6.54 Å². The van der Waals surface area contributed by atoms with E-state index in [2.05, 4.69) is 0 Å². The molecule has 0 spiro atoms. The highest BCUT2D eigenvalue weighted by atomic mass is 16.8. The topological polar surface area (TPSA) is 65.1 Å². The summed E-state index contributed by atoms with van der Waals surface area (Å²) in [6, 6.07) is -0.651. The van der Waals surface area contributed by atoms with Crippen molar-refractivity contribution in [2.45, 2.75) is 64.3 Å². The molecule has 19 heavy (non-hydrogen) atoms. The van der Waals surface area contributed by atoms with Crippen LogP contribution in [0.1, 0.15) is 34.6 Å². The number of hydrogen-bond acceptors (Lipinski definition) is 5. The van der Waals surface area contributed by atoms with Gasteiger partial charge in [0.1, 0.15) is 30.1 Å². The number of fused-ring (bicyclic) bond motifs is 1. The molecule has 0 aromatic carbocycles. The summed E-state index contributed by atoms with van der Waals surface area (Å²) < 4.78 is 16.7. The molecule has 6 nitrogen and oxygen atoms in total. The maximum Gasteiger partial charge on any atom is 0.411 e. The van der Waals surface area contributed by atoms with Crippen LogP contribution in [0.4, 0.5) is 4.79 Å². The first-order chi connectivity index (χ1) is 8.63. The van der Waals surface area contributed by atoms with E-state index in [-0.39, 0.29) is 6.10 Å². The predicted molar refractivity (Wildman–Crippen MR) is 66.6 cm³/mol. The monoisotopic (exact) mass is 271 g/mol. The van der Waals surface area contributed by atoms with Gasteiger partial charge in [-0.25, -0.2) is 4.79 Å². The fourth-order valence-electron chi connectivity index (χ4n) is 2.45. The Hall–Kier alpha value is -1.14. The molecule has 2 aliphatic heterocycles. The number of ether oxygens (including phenoxy) is 3. The minimum atomic E-state index is -0.712. The molecule has 1 amide bonds. The standard InChI is InChI=1S/C13H21NO5/c1-12(2,3)19-11(16)14-6-9-10(8(14)7-15)18-13(4,5)17-9/h7-10H,6H2,1-5H3/t8-,9+,10-/m0/s1. The number of hydrogen-bond donors (Lipinski definition) is 0. The summed E-state index contributed by atoms with van der Waals surface area (Å²) in [7, 11) is 0. The van der Waals surface area contributed by atoms with E-state index >= 15 is 0 Å². The minimum Gasteiger partial charge on any atom is -0.444 e. The van der Waals surface area contributed by atoms with E-state index in [0.29, 0.717) is 6.54 Å². The zero-order valence-electron chi connectivity index (χ0n) is 12.0. The van der Waals surface area contributed by atoms with Crippen molar-refractivity contribution in [3.63, 3.8) is 0 Å². The second-order valence-corrected chi connectivity index (χ2v) is 6.40. The number of carbonyl (C=O) groups excluding carboxylic acids is 2.